The van der Waals surface area contributed by atoms with Crippen LogP contribution >= 0.6 is 0 Å². The van der Waals surface area contributed by atoms with Crippen LogP contribution in [-0.4, -0.2) is 54.1 Å². The van der Waals surface area contributed by atoms with Crippen LogP contribution in [0.2, 0.25) is 0 Å². The molecule has 1 N–H and O–H groups in total. The van der Waals surface area contributed by atoms with Crippen molar-refractivity contribution in [3.8, 4) is 0 Å². The highest BCUT2D eigenvalue weighted by atomic mass is 16.5. The molecule has 146 valence electrons. The summed E-state index contributed by atoms with van der Waals surface area (Å²) >= 11 is 0. The van der Waals surface area contributed by atoms with Crippen LogP contribution in [0.5, 0.6) is 0 Å². The van der Waals surface area contributed by atoms with Gasteiger partial charge in [-0.05, 0) is 44.9 Å². The molecular weight excluding hydrogens is 342 g/mol. The van der Waals surface area contributed by atoms with Crippen LogP contribution in [0.25, 0.3) is 10.9 Å². The molecule has 0 saturated carbocycles. The predicted molar refractivity (Wildman–Crippen MR) is 106 cm³/mol. The number of fused-ring (bicyclic) bond motifs is 1. The average molecular weight is 371 g/mol. The molecule has 1 aliphatic rings. The van der Waals surface area contributed by atoms with E-state index in [0.29, 0.717) is 18.7 Å². The highest BCUT2D eigenvalue weighted by molar-refractivity contribution is 6.02. The number of hydrogen-bond acceptors (Lipinski definition) is 4. The standard InChI is InChI=1S/C21H29N3O3/c1-13-7-6-8-17-14(2)20(24(4)19(13)17)21(26)22-12-16-10-9-15(23(16)3)11-18(25)27-5/h6-8,15-16H,9-12H2,1-5H3,(H,22,26)/t15-,16+/m1/s1. The van der Waals surface area contributed by atoms with Crippen LogP contribution in [0.15, 0.2) is 18.2 Å². The van der Waals surface area contributed by atoms with Crippen LogP contribution in [0.4, 0.5) is 0 Å². The first-order valence-electron chi connectivity index (χ1n) is 9.46. The van der Waals surface area contributed by atoms with Gasteiger partial charge in [0.15, 0.2) is 0 Å². The Labute approximate surface area is 160 Å². The molecule has 0 radical (unpaired) electrons. The minimum Gasteiger partial charge on any atom is -0.469 e. The highest BCUT2D eigenvalue weighted by Gasteiger charge is 2.32. The number of nitrogens with one attached hydrogen (secondary N) is 1. The maximum Gasteiger partial charge on any atom is 0.307 e. The van der Waals surface area contributed by atoms with E-state index in [1.165, 1.54) is 12.7 Å². The Morgan fingerprint density at radius 3 is 2.56 bits per heavy atom. The van der Waals surface area contributed by atoms with E-state index in [1.807, 2.05) is 31.7 Å². The van der Waals surface area contributed by atoms with Gasteiger partial charge in [0, 0.05) is 31.1 Å². The number of carbonyl (C=O) groups is 2. The van der Waals surface area contributed by atoms with Gasteiger partial charge in [-0.3, -0.25) is 14.5 Å². The SMILES string of the molecule is COC(=O)C[C@H]1CC[C@@H](CNC(=O)c2c(C)c3cccc(C)c3n2C)N1C. The van der Waals surface area contributed by atoms with E-state index < -0.39 is 0 Å². The first-order chi connectivity index (χ1) is 12.8. The number of para-hydroxylation sites is 1. The van der Waals surface area contributed by atoms with Crippen LogP contribution in [-0.2, 0) is 16.6 Å². The van der Waals surface area contributed by atoms with Crippen molar-refractivity contribution < 1.29 is 14.3 Å². The third kappa shape index (κ3) is 3.58. The summed E-state index contributed by atoms with van der Waals surface area (Å²) < 4.78 is 6.77. The number of likely N-dealkylation sites (N-methyl/N-ethyl adjacent to an activating group) is 1. The first kappa shape index (κ1) is 19.4. The molecule has 1 fully saturated rings. The van der Waals surface area contributed by atoms with Crippen molar-refractivity contribution in [2.75, 3.05) is 20.7 Å². The molecule has 1 aromatic heterocycles. The number of carbonyl (C=O) groups excluding carboxylic acids is 2. The lowest BCUT2D eigenvalue weighted by Gasteiger charge is -2.25. The summed E-state index contributed by atoms with van der Waals surface area (Å²) in [6.45, 7) is 4.65. The molecule has 2 atom stereocenters. The summed E-state index contributed by atoms with van der Waals surface area (Å²) in [5.41, 5.74) is 4.00. The monoisotopic (exact) mass is 371 g/mol. The Morgan fingerprint density at radius 2 is 1.89 bits per heavy atom. The zero-order valence-corrected chi connectivity index (χ0v) is 16.8. The van der Waals surface area contributed by atoms with Crippen LogP contribution in [0, 0.1) is 13.8 Å². The number of hydrogen-bond donors (Lipinski definition) is 1. The smallest absolute Gasteiger partial charge is 0.307 e. The molecule has 0 spiro atoms. The number of aromatic nitrogens is 1. The third-order valence-electron chi connectivity index (χ3n) is 6.00. The van der Waals surface area contributed by atoms with E-state index in [-0.39, 0.29) is 24.0 Å². The lowest BCUT2D eigenvalue weighted by molar-refractivity contribution is -0.141. The van der Waals surface area contributed by atoms with E-state index in [1.54, 1.807) is 0 Å². The first-order valence-corrected chi connectivity index (χ1v) is 9.46. The van der Waals surface area contributed by atoms with Crippen molar-refractivity contribution in [1.82, 2.24) is 14.8 Å². The molecule has 0 bridgehead atoms. The maximum absolute atomic E-state index is 12.9. The lowest BCUT2D eigenvalue weighted by Crippen LogP contribution is -2.42. The van der Waals surface area contributed by atoms with Crippen molar-refractivity contribution >= 4 is 22.8 Å². The summed E-state index contributed by atoms with van der Waals surface area (Å²) in [7, 11) is 5.39. The Morgan fingerprint density at radius 1 is 1.19 bits per heavy atom. The molecule has 6 heteroatoms. The number of likely N-dealkylation sites (tertiary alicyclic amines) is 1. The minimum atomic E-state index is -0.182. The molecule has 27 heavy (non-hydrogen) atoms. The molecule has 1 aliphatic heterocycles. The fourth-order valence-electron chi connectivity index (χ4n) is 4.37. The number of benzene rings is 1. The second kappa shape index (κ2) is 7.72. The van der Waals surface area contributed by atoms with Gasteiger partial charge in [0.05, 0.1) is 19.0 Å². The van der Waals surface area contributed by atoms with Crippen LogP contribution < -0.4 is 5.32 Å². The topological polar surface area (TPSA) is 63.6 Å². The van der Waals surface area contributed by atoms with E-state index >= 15 is 0 Å². The molecule has 2 aromatic rings. The third-order valence-corrected chi connectivity index (χ3v) is 6.00. The van der Waals surface area contributed by atoms with Crippen molar-refractivity contribution in [1.29, 1.82) is 0 Å². The van der Waals surface area contributed by atoms with E-state index in [2.05, 4.69) is 29.3 Å². The van der Waals surface area contributed by atoms with E-state index in [0.717, 1.165) is 29.3 Å². The molecule has 0 unspecified atom stereocenters. The zero-order chi connectivity index (χ0) is 19.7. The lowest BCUT2D eigenvalue weighted by atomic mass is 10.1. The number of rotatable bonds is 5. The van der Waals surface area contributed by atoms with Gasteiger partial charge in [-0.25, -0.2) is 0 Å². The van der Waals surface area contributed by atoms with Crippen molar-refractivity contribution in [2.24, 2.45) is 7.05 Å². The molecule has 1 saturated heterocycles. The highest BCUT2D eigenvalue weighted by Crippen LogP contribution is 2.28. The summed E-state index contributed by atoms with van der Waals surface area (Å²) in [6.07, 6.45) is 2.31. The minimum absolute atomic E-state index is 0.0459. The zero-order valence-electron chi connectivity index (χ0n) is 16.8. The Kier molecular flexibility index (Phi) is 5.56. The quantitative estimate of drug-likeness (QED) is 0.821. The summed E-state index contributed by atoms with van der Waals surface area (Å²) in [4.78, 5) is 26.6. The number of methoxy groups -OCH3 is 1. The molecule has 1 aromatic carbocycles. The molecule has 0 aliphatic carbocycles. The van der Waals surface area contributed by atoms with Crippen molar-refractivity contribution in [3.05, 3.63) is 35.0 Å². The molecular formula is C21H29N3O3. The van der Waals surface area contributed by atoms with E-state index in [9.17, 15) is 9.59 Å². The molecule has 1 amide bonds. The largest absolute Gasteiger partial charge is 0.469 e. The summed E-state index contributed by atoms with van der Waals surface area (Å²) in [5, 5.41) is 4.23. The summed E-state index contributed by atoms with van der Waals surface area (Å²) in [5.74, 6) is -0.228. The van der Waals surface area contributed by atoms with Gasteiger partial charge >= 0.3 is 5.97 Å². The Bertz CT molecular complexity index is 871. The Balaban J connectivity index is 1.70. The maximum atomic E-state index is 12.9. The van der Waals surface area contributed by atoms with Gasteiger partial charge in [-0.2, -0.15) is 0 Å². The number of nitrogens with zero attached hydrogens (tertiary/aromatic N) is 2. The van der Waals surface area contributed by atoms with E-state index in [4.69, 9.17) is 4.74 Å². The average Bonchev–Trinajstić information content (AvgIpc) is 3.11. The molecule has 6 nitrogen and oxygen atoms in total. The Hall–Kier alpha value is -2.34. The summed E-state index contributed by atoms with van der Waals surface area (Å²) in [6, 6.07) is 6.58. The number of esters is 1. The van der Waals surface area contributed by atoms with Crippen LogP contribution in [0.3, 0.4) is 0 Å². The van der Waals surface area contributed by atoms with Gasteiger partial charge in [0.25, 0.3) is 5.91 Å². The molecule has 2 heterocycles. The van der Waals surface area contributed by atoms with Gasteiger partial charge < -0.3 is 14.6 Å². The normalized spacial score (nSPS) is 20.2. The number of ether oxygens (including phenoxy) is 1. The number of amides is 1. The van der Waals surface area contributed by atoms with Crippen molar-refractivity contribution in [3.63, 3.8) is 0 Å². The van der Waals surface area contributed by atoms with Gasteiger partial charge in [-0.15, -0.1) is 0 Å². The fraction of sp³-hybridized carbons (Fsp3) is 0.524. The van der Waals surface area contributed by atoms with Crippen LogP contribution in [0.1, 0.15) is 40.9 Å². The predicted octanol–water partition coefficient (Wildman–Crippen LogP) is 2.55. The van der Waals surface area contributed by atoms with Gasteiger partial charge in [0.1, 0.15) is 5.69 Å². The van der Waals surface area contributed by atoms with Crippen molar-refractivity contribution in [2.45, 2.75) is 45.2 Å². The second-order valence-corrected chi connectivity index (χ2v) is 7.54. The fourth-order valence-corrected chi connectivity index (χ4v) is 4.37. The van der Waals surface area contributed by atoms with Gasteiger partial charge in [-0.1, -0.05) is 18.2 Å². The molecule has 3 rings (SSSR count). The second-order valence-electron chi connectivity index (χ2n) is 7.54. The van der Waals surface area contributed by atoms with Gasteiger partial charge in [0.2, 0.25) is 0 Å². The number of aryl methyl sites for hydroxylation is 3.